The molecule has 0 bridgehead atoms. The van der Waals surface area contributed by atoms with E-state index in [0.29, 0.717) is 0 Å². The Morgan fingerprint density at radius 1 is 1.40 bits per heavy atom. The van der Waals surface area contributed by atoms with Gasteiger partial charge in [0.25, 0.3) is 0 Å². The molecule has 108 valence electrons. The van der Waals surface area contributed by atoms with Crippen molar-refractivity contribution in [2.24, 2.45) is 0 Å². The number of aromatic nitrogens is 2. The standard InChI is InChI=1S/C16H23N3O/c1-13-6-5-9-19-11-14(17-15(13)19)10-18(2)12-16(20)7-3-4-8-16/h5-6,9,11,20H,3-4,7-8,10,12H2,1-2H3. The van der Waals surface area contributed by atoms with Gasteiger partial charge in [0.15, 0.2) is 0 Å². The molecule has 3 rings (SSSR count). The second-order valence-electron chi connectivity index (χ2n) is 6.26. The first-order valence-electron chi connectivity index (χ1n) is 7.40. The molecular weight excluding hydrogens is 250 g/mol. The summed E-state index contributed by atoms with van der Waals surface area (Å²) in [7, 11) is 2.06. The Hall–Kier alpha value is -1.39. The first kappa shape index (κ1) is 13.6. The van der Waals surface area contributed by atoms with Gasteiger partial charge in [0, 0.05) is 25.5 Å². The van der Waals surface area contributed by atoms with Crippen molar-refractivity contribution in [2.75, 3.05) is 13.6 Å². The summed E-state index contributed by atoms with van der Waals surface area (Å²) in [6.07, 6.45) is 8.28. The lowest BCUT2D eigenvalue weighted by atomic mass is 10.0. The third kappa shape index (κ3) is 2.72. The van der Waals surface area contributed by atoms with Crippen LogP contribution in [0.2, 0.25) is 0 Å². The minimum absolute atomic E-state index is 0.482. The quantitative estimate of drug-likeness (QED) is 0.930. The second-order valence-corrected chi connectivity index (χ2v) is 6.26. The van der Waals surface area contributed by atoms with Crippen molar-refractivity contribution < 1.29 is 5.11 Å². The molecule has 0 aromatic carbocycles. The maximum Gasteiger partial charge on any atom is 0.139 e. The molecule has 0 spiro atoms. The van der Waals surface area contributed by atoms with Gasteiger partial charge in [-0.1, -0.05) is 18.9 Å². The van der Waals surface area contributed by atoms with E-state index in [1.165, 1.54) is 5.56 Å². The highest BCUT2D eigenvalue weighted by molar-refractivity contribution is 5.47. The minimum Gasteiger partial charge on any atom is -0.389 e. The molecule has 1 aliphatic carbocycles. The summed E-state index contributed by atoms with van der Waals surface area (Å²) in [6, 6.07) is 4.12. The van der Waals surface area contributed by atoms with E-state index in [9.17, 15) is 5.11 Å². The van der Waals surface area contributed by atoms with Crippen LogP contribution in [0.1, 0.15) is 36.9 Å². The van der Waals surface area contributed by atoms with E-state index in [0.717, 1.165) is 50.1 Å². The number of nitrogens with zero attached hydrogens (tertiary/aromatic N) is 3. The molecule has 0 saturated heterocycles. The molecule has 0 aliphatic heterocycles. The summed E-state index contributed by atoms with van der Waals surface area (Å²) < 4.78 is 2.07. The SMILES string of the molecule is Cc1cccn2cc(CN(C)CC3(O)CCCC3)nc12. The second kappa shape index (κ2) is 5.19. The van der Waals surface area contributed by atoms with Gasteiger partial charge in [-0.3, -0.25) is 4.90 Å². The van der Waals surface area contributed by atoms with Crippen LogP contribution in [0.15, 0.2) is 24.5 Å². The monoisotopic (exact) mass is 273 g/mol. The minimum atomic E-state index is -0.482. The van der Waals surface area contributed by atoms with Gasteiger partial charge in [-0.2, -0.15) is 0 Å². The zero-order valence-electron chi connectivity index (χ0n) is 12.3. The van der Waals surface area contributed by atoms with Crippen LogP contribution in [0, 0.1) is 6.92 Å². The maximum atomic E-state index is 10.5. The summed E-state index contributed by atoms with van der Waals surface area (Å²) in [5, 5.41) is 10.5. The molecule has 2 aromatic heterocycles. The molecule has 1 aliphatic rings. The molecule has 0 atom stereocenters. The third-order valence-corrected chi connectivity index (χ3v) is 4.26. The molecule has 1 N–H and O–H groups in total. The Morgan fingerprint density at radius 3 is 2.85 bits per heavy atom. The number of pyridine rings is 1. The van der Waals surface area contributed by atoms with Gasteiger partial charge in [-0.15, -0.1) is 0 Å². The van der Waals surface area contributed by atoms with Crippen molar-refractivity contribution in [3.05, 3.63) is 35.8 Å². The van der Waals surface area contributed by atoms with E-state index in [1.54, 1.807) is 0 Å². The van der Waals surface area contributed by atoms with E-state index >= 15 is 0 Å². The molecule has 0 amide bonds. The number of aliphatic hydroxyl groups is 1. The third-order valence-electron chi connectivity index (χ3n) is 4.26. The fourth-order valence-corrected chi connectivity index (χ4v) is 3.31. The highest BCUT2D eigenvalue weighted by Crippen LogP contribution is 2.30. The topological polar surface area (TPSA) is 40.8 Å². The van der Waals surface area contributed by atoms with Crippen LogP contribution >= 0.6 is 0 Å². The Kier molecular flexibility index (Phi) is 3.52. The molecule has 4 nitrogen and oxygen atoms in total. The Bertz CT molecular complexity index is 599. The first-order valence-corrected chi connectivity index (χ1v) is 7.40. The zero-order valence-corrected chi connectivity index (χ0v) is 12.3. The predicted molar refractivity (Wildman–Crippen MR) is 79.7 cm³/mol. The van der Waals surface area contributed by atoms with Crippen LogP contribution in [-0.2, 0) is 6.54 Å². The number of rotatable bonds is 4. The number of hydrogen-bond donors (Lipinski definition) is 1. The van der Waals surface area contributed by atoms with Gasteiger partial charge >= 0.3 is 0 Å². The molecule has 1 fully saturated rings. The normalized spacial score (nSPS) is 18.2. The van der Waals surface area contributed by atoms with E-state index in [-0.39, 0.29) is 0 Å². The van der Waals surface area contributed by atoms with Gasteiger partial charge in [-0.05, 0) is 38.4 Å². The Morgan fingerprint density at radius 2 is 2.15 bits per heavy atom. The summed E-state index contributed by atoms with van der Waals surface area (Å²) in [6.45, 7) is 3.60. The van der Waals surface area contributed by atoms with Gasteiger partial charge < -0.3 is 9.51 Å². The van der Waals surface area contributed by atoms with E-state index < -0.39 is 5.60 Å². The number of fused-ring (bicyclic) bond motifs is 1. The van der Waals surface area contributed by atoms with Gasteiger partial charge in [-0.25, -0.2) is 4.98 Å². The molecule has 20 heavy (non-hydrogen) atoms. The van der Waals surface area contributed by atoms with Crippen molar-refractivity contribution in [3.63, 3.8) is 0 Å². The van der Waals surface area contributed by atoms with E-state index in [4.69, 9.17) is 0 Å². The lowest BCUT2D eigenvalue weighted by molar-refractivity contribution is 0.0143. The van der Waals surface area contributed by atoms with Crippen LogP contribution in [0.3, 0.4) is 0 Å². The van der Waals surface area contributed by atoms with Crippen LogP contribution in [0.25, 0.3) is 5.65 Å². The largest absolute Gasteiger partial charge is 0.389 e. The highest BCUT2D eigenvalue weighted by atomic mass is 16.3. The van der Waals surface area contributed by atoms with Crippen LogP contribution < -0.4 is 0 Å². The van der Waals surface area contributed by atoms with Crippen molar-refractivity contribution in [1.29, 1.82) is 0 Å². The molecule has 1 saturated carbocycles. The Labute approximate surface area is 120 Å². The number of aryl methyl sites for hydroxylation is 1. The summed E-state index contributed by atoms with van der Waals surface area (Å²) in [5.41, 5.74) is 2.79. The number of hydrogen-bond acceptors (Lipinski definition) is 3. The molecule has 0 unspecified atom stereocenters. The van der Waals surface area contributed by atoms with E-state index in [2.05, 4.69) is 40.5 Å². The first-order chi connectivity index (χ1) is 9.56. The summed E-state index contributed by atoms with van der Waals surface area (Å²) >= 11 is 0. The molecule has 2 aromatic rings. The average molecular weight is 273 g/mol. The van der Waals surface area contributed by atoms with Crippen molar-refractivity contribution >= 4 is 5.65 Å². The average Bonchev–Trinajstić information content (AvgIpc) is 2.96. The summed E-state index contributed by atoms with van der Waals surface area (Å²) in [5.74, 6) is 0. The lowest BCUT2D eigenvalue weighted by Gasteiger charge is -2.28. The highest BCUT2D eigenvalue weighted by Gasteiger charge is 2.32. The molecule has 4 heteroatoms. The fourth-order valence-electron chi connectivity index (χ4n) is 3.31. The molecule has 0 radical (unpaired) electrons. The maximum absolute atomic E-state index is 10.5. The van der Waals surface area contributed by atoms with Crippen LogP contribution in [0.5, 0.6) is 0 Å². The Balaban J connectivity index is 1.71. The van der Waals surface area contributed by atoms with Crippen LogP contribution in [0.4, 0.5) is 0 Å². The van der Waals surface area contributed by atoms with Gasteiger partial charge in [0.05, 0.1) is 11.3 Å². The van der Waals surface area contributed by atoms with Gasteiger partial charge in [0.1, 0.15) is 5.65 Å². The fraction of sp³-hybridized carbons (Fsp3) is 0.562. The van der Waals surface area contributed by atoms with Crippen molar-refractivity contribution in [3.8, 4) is 0 Å². The van der Waals surface area contributed by atoms with E-state index in [1.807, 2.05) is 12.3 Å². The molecule has 2 heterocycles. The van der Waals surface area contributed by atoms with Crippen LogP contribution in [-0.4, -0.2) is 38.6 Å². The van der Waals surface area contributed by atoms with Crippen molar-refractivity contribution in [1.82, 2.24) is 14.3 Å². The smallest absolute Gasteiger partial charge is 0.139 e. The van der Waals surface area contributed by atoms with Crippen molar-refractivity contribution in [2.45, 2.75) is 44.8 Å². The molecular formula is C16H23N3O. The number of likely N-dealkylation sites (N-methyl/N-ethyl adjacent to an activating group) is 1. The van der Waals surface area contributed by atoms with Gasteiger partial charge in [0.2, 0.25) is 0 Å². The number of imidazole rings is 1. The zero-order chi connectivity index (χ0) is 14.2. The lowest BCUT2D eigenvalue weighted by Crippen LogP contribution is -2.38. The summed E-state index contributed by atoms with van der Waals surface area (Å²) in [4.78, 5) is 6.87. The predicted octanol–water partition coefficient (Wildman–Crippen LogP) is 2.38.